The number of benzene rings is 3. The van der Waals surface area contributed by atoms with Crippen molar-refractivity contribution in [3.8, 4) is 11.3 Å². The Morgan fingerprint density at radius 1 is 0.966 bits per heavy atom. The minimum absolute atomic E-state index is 0.0693. The van der Waals surface area contributed by atoms with Gasteiger partial charge in [-0.05, 0) is 42.5 Å². The number of aromatic nitrogens is 1. The topological polar surface area (TPSA) is 79.0 Å². The second-order valence-corrected chi connectivity index (χ2v) is 9.14. The van der Waals surface area contributed by atoms with E-state index in [4.69, 9.17) is 11.6 Å². The number of hydrogen-bond acceptors (Lipinski definition) is 3. The lowest BCUT2D eigenvalue weighted by molar-refractivity contribution is 0.102. The minimum Gasteiger partial charge on any atom is -0.355 e. The van der Waals surface area contributed by atoms with Gasteiger partial charge in [0.1, 0.15) is 0 Å². The van der Waals surface area contributed by atoms with Gasteiger partial charge >= 0.3 is 0 Å². The smallest absolute Gasteiger partial charge is 0.257 e. The molecule has 0 spiro atoms. The molecule has 0 aliphatic rings. The second-order valence-electron chi connectivity index (χ2n) is 6.72. The van der Waals surface area contributed by atoms with Crippen molar-refractivity contribution in [1.29, 1.82) is 0 Å². The van der Waals surface area contributed by atoms with Gasteiger partial charge in [0.25, 0.3) is 5.91 Å². The number of sulfone groups is 1. The molecule has 29 heavy (non-hydrogen) atoms. The van der Waals surface area contributed by atoms with E-state index >= 15 is 0 Å². The Morgan fingerprint density at radius 2 is 1.76 bits per heavy atom. The number of nitrogens with one attached hydrogen (secondary N) is 2. The molecule has 1 aromatic heterocycles. The number of hydrogen-bond donors (Lipinski definition) is 2. The van der Waals surface area contributed by atoms with Crippen LogP contribution < -0.4 is 5.32 Å². The first kappa shape index (κ1) is 19.2. The molecule has 0 radical (unpaired) electrons. The van der Waals surface area contributed by atoms with Gasteiger partial charge in [-0.1, -0.05) is 41.9 Å². The Balaban J connectivity index is 1.60. The van der Waals surface area contributed by atoms with E-state index in [1.54, 1.807) is 6.07 Å². The fraction of sp³-hybridized carbons (Fsp3) is 0.0455. The van der Waals surface area contributed by atoms with E-state index in [2.05, 4.69) is 16.4 Å². The molecule has 1 amide bonds. The van der Waals surface area contributed by atoms with Crippen molar-refractivity contribution < 1.29 is 13.2 Å². The van der Waals surface area contributed by atoms with Crippen LogP contribution in [-0.2, 0) is 9.84 Å². The SMILES string of the molecule is CS(=O)(=O)c1ccc(C(=O)Nc2cccc(-c3cc4ccccc4[nH]3)c2)c(Cl)c1. The maximum absolute atomic E-state index is 12.6. The Bertz CT molecular complexity index is 1310. The summed E-state index contributed by atoms with van der Waals surface area (Å²) in [5, 5.41) is 4.00. The van der Waals surface area contributed by atoms with Crippen LogP contribution in [0.3, 0.4) is 0 Å². The number of H-pyrrole nitrogens is 1. The van der Waals surface area contributed by atoms with Gasteiger partial charge in [-0.25, -0.2) is 8.42 Å². The fourth-order valence-corrected chi connectivity index (χ4v) is 4.08. The molecule has 7 heteroatoms. The van der Waals surface area contributed by atoms with E-state index in [1.165, 1.54) is 18.2 Å². The highest BCUT2D eigenvalue weighted by Gasteiger charge is 2.15. The summed E-state index contributed by atoms with van der Waals surface area (Å²) in [6.07, 6.45) is 1.09. The van der Waals surface area contributed by atoms with Crippen molar-refractivity contribution in [2.75, 3.05) is 11.6 Å². The predicted octanol–water partition coefficient (Wildman–Crippen LogP) is 5.14. The monoisotopic (exact) mass is 424 g/mol. The molecular formula is C22H17ClN2O3S. The summed E-state index contributed by atoms with van der Waals surface area (Å²) in [5.74, 6) is -0.413. The molecule has 3 aromatic carbocycles. The number of amides is 1. The Labute approximate surface area is 173 Å². The maximum Gasteiger partial charge on any atom is 0.257 e. The summed E-state index contributed by atoms with van der Waals surface area (Å²) in [4.78, 5) is 16.1. The van der Waals surface area contributed by atoms with Crippen molar-refractivity contribution >= 4 is 43.9 Å². The molecular weight excluding hydrogens is 408 g/mol. The van der Waals surface area contributed by atoms with Crippen LogP contribution >= 0.6 is 11.6 Å². The summed E-state index contributed by atoms with van der Waals surface area (Å²) in [6.45, 7) is 0. The Hall–Kier alpha value is -3.09. The molecule has 4 aromatic rings. The molecule has 2 N–H and O–H groups in total. The van der Waals surface area contributed by atoms with Crippen molar-refractivity contribution in [1.82, 2.24) is 4.98 Å². The third kappa shape index (κ3) is 4.04. The van der Waals surface area contributed by atoms with E-state index in [1.807, 2.05) is 42.5 Å². The number of rotatable bonds is 4. The molecule has 146 valence electrons. The molecule has 0 unspecified atom stereocenters. The van der Waals surface area contributed by atoms with Crippen LogP contribution in [-0.4, -0.2) is 25.6 Å². The van der Waals surface area contributed by atoms with Crippen LogP contribution in [0.2, 0.25) is 5.02 Å². The number of carbonyl (C=O) groups excluding carboxylic acids is 1. The number of para-hydroxylation sites is 1. The third-order valence-electron chi connectivity index (χ3n) is 4.57. The largest absolute Gasteiger partial charge is 0.355 e. The quantitative estimate of drug-likeness (QED) is 0.475. The highest BCUT2D eigenvalue weighted by Crippen LogP contribution is 2.27. The van der Waals surface area contributed by atoms with E-state index in [0.29, 0.717) is 5.69 Å². The molecule has 0 bridgehead atoms. The van der Waals surface area contributed by atoms with Gasteiger partial charge in [0.05, 0.1) is 15.5 Å². The molecule has 0 aliphatic heterocycles. The van der Waals surface area contributed by atoms with Gasteiger partial charge in [-0.2, -0.15) is 0 Å². The lowest BCUT2D eigenvalue weighted by atomic mass is 10.1. The van der Waals surface area contributed by atoms with Crippen LogP contribution in [0.1, 0.15) is 10.4 Å². The zero-order valence-corrected chi connectivity index (χ0v) is 17.0. The second kappa shape index (κ2) is 7.39. The Morgan fingerprint density at radius 3 is 2.48 bits per heavy atom. The van der Waals surface area contributed by atoms with Gasteiger partial charge in [-0.3, -0.25) is 4.79 Å². The van der Waals surface area contributed by atoms with Gasteiger partial charge in [0.15, 0.2) is 9.84 Å². The highest BCUT2D eigenvalue weighted by atomic mass is 35.5. The molecule has 0 saturated carbocycles. The van der Waals surface area contributed by atoms with Crippen LogP contribution in [0.4, 0.5) is 5.69 Å². The van der Waals surface area contributed by atoms with Crippen LogP contribution in [0.5, 0.6) is 0 Å². The van der Waals surface area contributed by atoms with Crippen LogP contribution in [0, 0.1) is 0 Å². The van der Waals surface area contributed by atoms with Crippen LogP contribution in [0.25, 0.3) is 22.2 Å². The first-order valence-corrected chi connectivity index (χ1v) is 11.1. The first-order chi connectivity index (χ1) is 13.8. The summed E-state index contributed by atoms with van der Waals surface area (Å²) < 4.78 is 23.3. The number of fused-ring (bicyclic) bond motifs is 1. The molecule has 4 rings (SSSR count). The first-order valence-electron chi connectivity index (χ1n) is 8.80. The zero-order chi connectivity index (χ0) is 20.6. The maximum atomic E-state index is 12.6. The molecule has 5 nitrogen and oxygen atoms in total. The zero-order valence-electron chi connectivity index (χ0n) is 15.4. The average Bonchev–Trinajstić information content (AvgIpc) is 3.11. The normalized spacial score (nSPS) is 11.5. The lowest BCUT2D eigenvalue weighted by Gasteiger charge is -2.09. The van der Waals surface area contributed by atoms with Gasteiger partial charge < -0.3 is 10.3 Å². The van der Waals surface area contributed by atoms with Crippen molar-refractivity contribution in [2.24, 2.45) is 0 Å². The molecule has 0 atom stereocenters. The summed E-state index contributed by atoms with van der Waals surface area (Å²) >= 11 is 6.14. The molecule has 1 heterocycles. The summed E-state index contributed by atoms with van der Waals surface area (Å²) in [6, 6.07) is 21.6. The number of halogens is 1. The molecule has 0 aliphatic carbocycles. The van der Waals surface area contributed by atoms with E-state index in [0.717, 1.165) is 28.4 Å². The number of aromatic amines is 1. The number of carbonyl (C=O) groups is 1. The van der Waals surface area contributed by atoms with Gasteiger partial charge in [-0.15, -0.1) is 0 Å². The van der Waals surface area contributed by atoms with Crippen molar-refractivity contribution in [3.63, 3.8) is 0 Å². The van der Waals surface area contributed by atoms with E-state index in [9.17, 15) is 13.2 Å². The lowest BCUT2D eigenvalue weighted by Crippen LogP contribution is -2.13. The minimum atomic E-state index is -3.39. The van der Waals surface area contributed by atoms with Gasteiger partial charge in [0, 0.05) is 34.1 Å². The predicted molar refractivity (Wildman–Crippen MR) is 116 cm³/mol. The van der Waals surface area contributed by atoms with Crippen molar-refractivity contribution in [3.05, 3.63) is 83.4 Å². The third-order valence-corrected chi connectivity index (χ3v) is 6.00. The highest BCUT2D eigenvalue weighted by molar-refractivity contribution is 7.90. The van der Waals surface area contributed by atoms with E-state index < -0.39 is 15.7 Å². The van der Waals surface area contributed by atoms with Crippen molar-refractivity contribution in [2.45, 2.75) is 4.90 Å². The Kier molecular flexibility index (Phi) is 4.90. The summed E-state index contributed by atoms with van der Waals surface area (Å²) in [5.41, 5.74) is 3.72. The number of anilines is 1. The van der Waals surface area contributed by atoms with Crippen LogP contribution in [0.15, 0.2) is 77.7 Å². The van der Waals surface area contributed by atoms with E-state index in [-0.39, 0.29) is 15.5 Å². The average molecular weight is 425 g/mol. The molecule has 0 fully saturated rings. The standard InChI is InChI=1S/C22H17ClN2O3S/c1-29(27,28)17-9-10-18(19(23)13-17)22(26)24-16-7-4-6-14(11-16)21-12-15-5-2-3-8-20(15)25-21/h2-13,25H,1H3,(H,24,26). The summed E-state index contributed by atoms with van der Waals surface area (Å²) in [7, 11) is -3.39. The fourth-order valence-electron chi connectivity index (χ4n) is 3.10. The molecule has 0 saturated heterocycles. The van der Waals surface area contributed by atoms with Gasteiger partial charge in [0.2, 0.25) is 0 Å².